The first-order valence-corrected chi connectivity index (χ1v) is 9.03. The maximum atomic E-state index is 12.9. The minimum absolute atomic E-state index is 0.0000383. The normalized spacial score (nSPS) is 16.0. The van der Waals surface area contributed by atoms with Gasteiger partial charge in [-0.15, -0.1) is 11.3 Å². The average molecular weight is 377 g/mol. The van der Waals surface area contributed by atoms with Crippen LogP contribution in [-0.2, 0) is 0 Å². The molecule has 26 heavy (non-hydrogen) atoms. The zero-order valence-corrected chi connectivity index (χ0v) is 15.9. The summed E-state index contributed by atoms with van der Waals surface area (Å²) in [6.07, 6.45) is 2.46. The highest BCUT2D eigenvalue weighted by atomic mass is 32.1. The molecule has 8 nitrogen and oxygen atoms in total. The number of ether oxygens (including phenoxy) is 1. The van der Waals surface area contributed by atoms with Crippen LogP contribution in [0.5, 0.6) is 5.88 Å². The highest BCUT2D eigenvalue weighted by molar-refractivity contribution is 7.09. The number of likely N-dealkylation sites (tertiary alicyclic amines) is 1. The molecule has 3 heterocycles. The minimum Gasteiger partial charge on any atom is -0.481 e. The van der Waals surface area contributed by atoms with Gasteiger partial charge in [0.25, 0.3) is 5.91 Å². The molecular weight excluding hydrogens is 354 g/mol. The first-order chi connectivity index (χ1) is 12.5. The number of nitrogens with one attached hydrogen (secondary N) is 1. The van der Waals surface area contributed by atoms with Gasteiger partial charge in [-0.3, -0.25) is 20.9 Å². The van der Waals surface area contributed by atoms with Gasteiger partial charge in [-0.1, -0.05) is 0 Å². The van der Waals surface area contributed by atoms with E-state index in [0.717, 1.165) is 23.5 Å². The van der Waals surface area contributed by atoms with Crippen LogP contribution in [0.1, 0.15) is 50.4 Å². The molecule has 140 valence electrons. The number of nitrogens with two attached hydrogens (primary N) is 1. The van der Waals surface area contributed by atoms with Crippen molar-refractivity contribution in [1.82, 2.24) is 20.3 Å². The lowest BCUT2D eigenvalue weighted by atomic mass is 10.1. The van der Waals surface area contributed by atoms with Crippen molar-refractivity contribution in [3.8, 4) is 5.88 Å². The fourth-order valence-electron chi connectivity index (χ4n) is 2.77. The van der Waals surface area contributed by atoms with Gasteiger partial charge in [0.05, 0.1) is 13.2 Å². The molecule has 3 N–H and O–H groups in total. The third kappa shape index (κ3) is 4.63. The summed E-state index contributed by atoms with van der Waals surface area (Å²) >= 11 is 1.58. The lowest BCUT2D eigenvalue weighted by molar-refractivity contribution is 0.0735. The highest BCUT2D eigenvalue weighted by Gasteiger charge is 2.32. The molecule has 1 atom stereocenters. The Balaban J connectivity index is 0.000000758. The molecule has 9 heteroatoms. The summed E-state index contributed by atoms with van der Waals surface area (Å²) in [6, 6.07) is 3.07. The highest BCUT2D eigenvalue weighted by Crippen LogP contribution is 2.35. The zero-order valence-electron chi connectivity index (χ0n) is 15.1. The van der Waals surface area contributed by atoms with E-state index in [1.807, 2.05) is 17.2 Å². The lowest BCUT2D eigenvalue weighted by Crippen LogP contribution is -2.30. The van der Waals surface area contributed by atoms with E-state index in [1.165, 1.54) is 13.2 Å². The maximum Gasteiger partial charge on any atom is 0.254 e. The van der Waals surface area contributed by atoms with Gasteiger partial charge in [0.1, 0.15) is 10.7 Å². The number of aldehydes is 1. The van der Waals surface area contributed by atoms with Crippen molar-refractivity contribution in [3.63, 3.8) is 0 Å². The number of aryl methyl sites for hydroxylation is 1. The molecule has 1 unspecified atom stereocenters. The second-order valence-electron chi connectivity index (χ2n) is 5.71. The number of pyridine rings is 1. The molecule has 0 aromatic carbocycles. The molecule has 1 aliphatic heterocycles. The van der Waals surface area contributed by atoms with E-state index in [2.05, 4.69) is 21.2 Å². The van der Waals surface area contributed by atoms with Crippen LogP contribution in [0.15, 0.2) is 17.5 Å². The molecule has 2 aromatic rings. The molecule has 0 spiro atoms. The Morgan fingerprint density at radius 2 is 2.19 bits per heavy atom. The van der Waals surface area contributed by atoms with Crippen molar-refractivity contribution < 1.29 is 14.3 Å². The number of nitrogens with zero attached hydrogens (tertiary/aromatic N) is 3. The zero-order chi connectivity index (χ0) is 19.1. The average Bonchev–Trinajstić information content (AvgIpc) is 3.29. The second kappa shape index (κ2) is 9.37. The van der Waals surface area contributed by atoms with Gasteiger partial charge >= 0.3 is 0 Å². The number of aromatic nitrogens is 2. The van der Waals surface area contributed by atoms with Crippen LogP contribution < -0.4 is 16.0 Å². The van der Waals surface area contributed by atoms with Crippen molar-refractivity contribution in [2.75, 3.05) is 20.7 Å². The van der Waals surface area contributed by atoms with Gasteiger partial charge < -0.3 is 9.64 Å². The lowest BCUT2D eigenvalue weighted by Gasteiger charge is -2.23. The van der Waals surface area contributed by atoms with Crippen molar-refractivity contribution in [1.29, 1.82) is 0 Å². The number of methoxy groups -OCH3 is 1. The predicted octanol–water partition coefficient (Wildman–Crippen LogP) is 1.72. The number of hydrogen-bond donors (Lipinski definition) is 2. The summed E-state index contributed by atoms with van der Waals surface area (Å²) < 4.78 is 5.07. The van der Waals surface area contributed by atoms with Gasteiger partial charge in [-0.25, -0.2) is 9.97 Å². The number of hydrogen-bond acceptors (Lipinski definition) is 8. The molecule has 1 amide bonds. The molecule has 0 saturated carbocycles. The molecule has 1 fully saturated rings. The maximum absolute atomic E-state index is 12.9. The van der Waals surface area contributed by atoms with Crippen molar-refractivity contribution in [3.05, 3.63) is 39.5 Å². The SMILES string of the molecule is CNN.COc1cc(C(=O)N2CCCC2c2nc(C)cs2)cc(C=O)n1. The van der Waals surface area contributed by atoms with Crippen molar-refractivity contribution in [2.24, 2.45) is 5.84 Å². The summed E-state index contributed by atoms with van der Waals surface area (Å²) in [4.78, 5) is 34.2. The summed E-state index contributed by atoms with van der Waals surface area (Å²) in [6.45, 7) is 2.63. The smallest absolute Gasteiger partial charge is 0.254 e. The van der Waals surface area contributed by atoms with Crippen LogP contribution in [0.3, 0.4) is 0 Å². The van der Waals surface area contributed by atoms with E-state index in [9.17, 15) is 9.59 Å². The van der Waals surface area contributed by atoms with Crippen LogP contribution >= 0.6 is 11.3 Å². The van der Waals surface area contributed by atoms with Crippen molar-refractivity contribution in [2.45, 2.75) is 25.8 Å². The van der Waals surface area contributed by atoms with Gasteiger partial charge in [0.15, 0.2) is 6.29 Å². The third-order valence-electron chi connectivity index (χ3n) is 3.83. The van der Waals surface area contributed by atoms with Crippen molar-refractivity contribution >= 4 is 23.5 Å². The van der Waals surface area contributed by atoms with Crippen LogP contribution in [-0.4, -0.2) is 47.8 Å². The van der Waals surface area contributed by atoms with E-state index < -0.39 is 0 Å². The Morgan fingerprint density at radius 1 is 1.46 bits per heavy atom. The Kier molecular flexibility index (Phi) is 7.19. The van der Waals surface area contributed by atoms with Crippen LogP contribution in [0.2, 0.25) is 0 Å². The molecule has 0 bridgehead atoms. The summed E-state index contributed by atoms with van der Waals surface area (Å²) in [5.41, 5.74) is 3.82. The molecular formula is C17H23N5O3S. The Labute approximate surface area is 156 Å². The fraction of sp³-hybridized carbons (Fsp3) is 0.412. The van der Waals surface area contributed by atoms with E-state index in [-0.39, 0.29) is 23.5 Å². The van der Waals surface area contributed by atoms with Crippen LogP contribution in [0, 0.1) is 6.92 Å². The topological polar surface area (TPSA) is 110 Å². The molecule has 0 aliphatic carbocycles. The third-order valence-corrected chi connectivity index (χ3v) is 4.90. The number of carbonyl (C=O) groups is 2. The molecule has 1 saturated heterocycles. The predicted molar refractivity (Wildman–Crippen MR) is 99.3 cm³/mol. The Hall–Kier alpha value is -2.36. The Bertz CT molecular complexity index is 765. The number of thiazole rings is 1. The Morgan fingerprint density at radius 3 is 2.77 bits per heavy atom. The summed E-state index contributed by atoms with van der Waals surface area (Å²) in [7, 11) is 3.11. The van der Waals surface area contributed by atoms with Gasteiger partial charge in [0, 0.05) is 29.2 Å². The second-order valence-corrected chi connectivity index (χ2v) is 6.60. The van der Waals surface area contributed by atoms with Gasteiger partial charge in [-0.05, 0) is 32.9 Å². The van der Waals surface area contributed by atoms with E-state index in [1.54, 1.807) is 24.5 Å². The van der Waals surface area contributed by atoms with Gasteiger partial charge in [0.2, 0.25) is 5.88 Å². The van der Waals surface area contributed by atoms with Crippen LogP contribution in [0.25, 0.3) is 0 Å². The molecule has 3 rings (SSSR count). The minimum atomic E-state index is -0.121. The standard InChI is InChI=1S/C16H17N3O3S.CH6N2/c1-10-9-23-15(17-10)13-4-3-5-19(13)16(21)11-6-12(8-20)18-14(7-11)22-2;1-3-2/h6-9,13H,3-5H2,1-2H3;3H,2H2,1H3. The first-order valence-electron chi connectivity index (χ1n) is 8.15. The number of carbonyl (C=O) groups excluding carboxylic acids is 2. The molecule has 2 aromatic heterocycles. The molecule has 0 radical (unpaired) electrons. The fourth-order valence-corrected chi connectivity index (χ4v) is 3.71. The summed E-state index contributed by atoms with van der Waals surface area (Å²) in [5.74, 6) is 4.74. The van der Waals surface area contributed by atoms with E-state index in [0.29, 0.717) is 18.4 Å². The quantitative estimate of drug-likeness (QED) is 0.474. The number of rotatable bonds is 4. The van der Waals surface area contributed by atoms with Crippen LogP contribution in [0.4, 0.5) is 0 Å². The largest absolute Gasteiger partial charge is 0.481 e. The van der Waals surface area contributed by atoms with E-state index >= 15 is 0 Å². The molecule has 1 aliphatic rings. The van der Waals surface area contributed by atoms with Gasteiger partial charge in [-0.2, -0.15) is 0 Å². The number of amides is 1. The first kappa shape index (κ1) is 20.0. The monoisotopic (exact) mass is 377 g/mol. The number of hydrazine groups is 1. The summed E-state index contributed by atoms with van der Waals surface area (Å²) in [5, 5.41) is 2.96. The van der Waals surface area contributed by atoms with E-state index in [4.69, 9.17) is 4.74 Å².